The van der Waals surface area contributed by atoms with Crippen LogP contribution >= 0.6 is 11.8 Å². The average molecular weight is 454 g/mol. The van der Waals surface area contributed by atoms with Crippen molar-refractivity contribution < 1.29 is 14.5 Å². The summed E-state index contributed by atoms with van der Waals surface area (Å²) >= 11 is 1.18. The van der Waals surface area contributed by atoms with Gasteiger partial charge in [-0.1, -0.05) is 36.0 Å². The molecule has 0 radical (unpaired) electrons. The van der Waals surface area contributed by atoms with Gasteiger partial charge in [0.1, 0.15) is 18.0 Å². The van der Waals surface area contributed by atoms with Crippen LogP contribution in [0.25, 0.3) is 0 Å². The van der Waals surface area contributed by atoms with Crippen LogP contribution in [0.2, 0.25) is 0 Å². The number of carbonyl (C=O) groups excluding carboxylic acids is 1. The highest BCUT2D eigenvalue weighted by atomic mass is 32.2. The largest absolute Gasteiger partial charge is 0.486 e. The predicted molar refractivity (Wildman–Crippen MR) is 123 cm³/mol. The summed E-state index contributed by atoms with van der Waals surface area (Å²) in [5, 5.41) is 22.6. The zero-order chi connectivity index (χ0) is 23.1. The lowest BCUT2D eigenvalue weighted by Crippen LogP contribution is -2.16. The number of hydrogen-bond donors (Lipinski definition) is 1. The lowest BCUT2D eigenvalue weighted by Gasteiger charge is -2.10. The first-order valence-electron chi connectivity index (χ1n) is 9.78. The van der Waals surface area contributed by atoms with Crippen LogP contribution in [0.4, 0.5) is 11.4 Å². The molecule has 1 amide bonds. The van der Waals surface area contributed by atoms with Crippen molar-refractivity contribution in [2.45, 2.75) is 32.2 Å². The zero-order valence-electron chi connectivity index (χ0n) is 17.8. The van der Waals surface area contributed by atoms with Crippen LogP contribution < -0.4 is 10.1 Å². The summed E-state index contributed by atoms with van der Waals surface area (Å²) in [5.41, 5.74) is 2.31. The van der Waals surface area contributed by atoms with E-state index in [0.29, 0.717) is 17.5 Å². The molecule has 0 aliphatic rings. The van der Waals surface area contributed by atoms with E-state index < -0.39 is 4.92 Å². The molecule has 0 bridgehead atoms. The summed E-state index contributed by atoms with van der Waals surface area (Å²) in [6.07, 6.45) is 1.71. The Morgan fingerprint density at radius 1 is 1.25 bits per heavy atom. The first-order valence-corrected chi connectivity index (χ1v) is 10.8. The number of benzene rings is 2. The number of rotatable bonds is 10. The number of hydrogen-bond acceptors (Lipinski definition) is 7. The van der Waals surface area contributed by atoms with E-state index in [1.54, 1.807) is 18.2 Å². The fourth-order valence-corrected chi connectivity index (χ4v) is 3.62. The molecule has 1 heterocycles. The third-order valence-electron chi connectivity index (χ3n) is 4.66. The van der Waals surface area contributed by atoms with Crippen molar-refractivity contribution in [3.63, 3.8) is 0 Å². The van der Waals surface area contributed by atoms with E-state index in [1.165, 1.54) is 29.5 Å². The molecule has 0 aliphatic carbocycles. The van der Waals surface area contributed by atoms with Crippen molar-refractivity contribution in [3.8, 4) is 5.75 Å². The number of nitro benzene ring substituents is 1. The molecular weight excluding hydrogens is 430 g/mol. The van der Waals surface area contributed by atoms with Gasteiger partial charge in [-0.2, -0.15) is 0 Å². The summed E-state index contributed by atoms with van der Waals surface area (Å²) in [4.78, 5) is 22.9. The lowest BCUT2D eigenvalue weighted by atomic mass is 10.1. The van der Waals surface area contributed by atoms with E-state index >= 15 is 0 Å². The van der Waals surface area contributed by atoms with Crippen LogP contribution in [0.15, 0.2) is 60.3 Å². The molecule has 0 saturated carbocycles. The first-order chi connectivity index (χ1) is 15.4. The highest BCUT2D eigenvalue weighted by molar-refractivity contribution is 7.99. The van der Waals surface area contributed by atoms with Gasteiger partial charge in [0.15, 0.2) is 11.0 Å². The smallest absolute Gasteiger partial charge is 0.292 e. The van der Waals surface area contributed by atoms with Crippen molar-refractivity contribution in [1.29, 1.82) is 0 Å². The highest BCUT2D eigenvalue weighted by Gasteiger charge is 2.17. The summed E-state index contributed by atoms with van der Waals surface area (Å²) in [6.45, 7) is 8.49. The van der Waals surface area contributed by atoms with Crippen molar-refractivity contribution in [2.75, 3.05) is 11.1 Å². The maximum Gasteiger partial charge on any atom is 0.292 e. The second-order valence-electron chi connectivity index (χ2n) is 6.94. The van der Waals surface area contributed by atoms with Crippen molar-refractivity contribution in [2.24, 2.45) is 0 Å². The molecule has 0 spiro atoms. The topological polar surface area (TPSA) is 112 Å². The Labute approximate surface area is 189 Å². The Morgan fingerprint density at radius 3 is 2.75 bits per heavy atom. The van der Waals surface area contributed by atoms with E-state index in [2.05, 4.69) is 22.1 Å². The molecule has 3 aromatic rings. The Bertz CT molecular complexity index is 1150. The number of carbonyl (C=O) groups is 1. The average Bonchev–Trinajstić information content (AvgIpc) is 3.15. The Hall–Kier alpha value is -3.66. The summed E-state index contributed by atoms with van der Waals surface area (Å²) < 4.78 is 7.67. The molecule has 0 aliphatic heterocycles. The van der Waals surface area contributed by atoms with E-state index in [0.717, 1.165) is 11.3 Å². The summed E-state index contributed by atoms with van der Waals surface area (Å²) in [7, 11) is 0. The number of nitrogens with one attached hydrogen (secondary N) is 1. The van der Waals surface area contributed by atoms with Gasteiger partial charge in [-0.05, 0) is 43.2 Å². The Balaban J connectivity index is 1.64. The highest BCUT2D eigenvalue weighted by Crippen LogP contribution is 2.24. The second-order valence-corrected chi connectivity index (χ2v) is 7.89. The monoisotopic (exact) mass is 453 g/mol. The lowest BCUT2D eigenvalue weighted by molar-refractivity contribution is -0.383. The van der Waals surface area contributed by atoms with Crippen LogP contribution in [0.3, 0.4) is 0 Å². The van der Waals surface area contributed by atoms with Gasteiger partial charge in [-0.3, -0.25) is 19.5 Å². The number of nitrogens with zero attached hydrogens (tertiary/aromatic N) is 4. The van der Waals surface area contributed by atoms with Crippen molar-refractivity contribution in [3.05, 3.63) is 82.2 Å². The van der Waals surface area contributed by atoms with Gasteiger partial charge in [-0.25, -0.2) is 0 Å². The molecule has 2 aromatic carbocycles. The third-order valence-corrected chi connectivity index (χ3v) is 5.63. The van der Waals surface area contributed by atoms with Crippen LogP contribution in [-0.2, 0) is 17.9 Å². The minimum Gasteiger partial charge on any atom is -0.486 e. The Kier molecular flexibility index (Phi) is 7.61. The summed E-state index contributed by atoms with van der Waals surface area (Å²) in [6, 6.07) is 11.9. The second kappa shape index (κ2) is 10.6. The first kappa shape index (κ1) is 23.0. The third kappa shape index (κ3) is 5.73. The van der Waals surface area contributed by atoms with Crippen LogP contribution in [0.5, 0.6) is 5.75 Å². The van der Waals surface area contributed by atoms with Crippen LogP contribution in [0.1, 0.15) is 17.0 Å². The molecule has 166 valence electrons. The number of nitro groups is 1. The molecule has 10 heteroatoms. The van der Waals surface area contributed by atoms with Gasteiger partial charge in [0.05, 0.1) is 10.7 Å². The maximum atomic E-state index is 12.3. The Morgan fingerprint density at radius 2 is 2.03 bits per heavy atom. The van der Waals surface area contributed by atoms with E-state index in [1.807, 2.05) is 36.6 Å². The number of para-hydroxylation sites is 2. The van der Waals surface area contributed by atoms with Crippen LogP contribution in [0, 0.1) is 24.0 Å². The zero-order valence-corrected chi connectivity index (χ0v) is 18.6. The van der Waals surface area contributed by atoms with Gasteiger partial charge >= 0.3 is 0 Å². The number of aryl methyl sites for hydroxylation is 2. The molecule has 32 heavy (non-hydrogen) atoms. The predicted octanol–water partition coefficient (Wildman–Crippen LogP) is 4.30. The van der Waals surface area contributed by atoms with E-state index in [-0.39, 0.29) is 29.6 Å². The standard InChI is InChI=1S/C22H23N5O4S/c1-4-11-26-20(13-31-17-10-9-15(2)16(3)12-17)24-25-22(26)32-14-21(28)23-18-7-5-6-8-19(18)27(29)30/h4-10,12H,1,11,13-14H2,2-3H3,(H,23,28). The van der Waals surface area contributed by atoms with Gasteiger partial charge in [0.25, 0.3) is 5.69 Å². The molecule has 0 saturated heterocycles. The fraction of sp³-hybridized carbons (Fsp3) is 0.227. The quantitative estimate of drug-likeness (QED) is 0.211. The van der Waals surface area contributed by atoms with Crippen molar-refractivity contribution >= 4 is 29.0 Å². The maximum absolute atomic E-state index is 12.3. The number of allylic oxidation sites excluding steroid dienone is 1. The minimum absolute atomic E-state index is 0.0132. The number of amides is 1. The fourth-order valence-electron chi connectivity index (χ4n) is 2.85. The van der Waals surface area contributed by atoms with Gasteiger partial charge in [-0.15, -0.1) is 16.8 Å². The molecule has 0 fully saturated rings. The number of anilines is 1. The molecule has 0 atom stereocenters. The van der Waals surface area contributed by atoms with Crippen LogP contribution in [-0.4, -0.2) is 31.3 Å². The number of aromatic nitrogens is 3. The van der Waals surface area contributed by atoms with Gasteiger partial charge in [0.2, 0.25) is 5.91 Å². The van der Waals surface area contributed by atoms with Gasteiger partial charge < -0.3 is 10.1 Å². The van der Waals surface area contributed by atoms with E-state index in [9.17, 15) is 14.9 Å². The number of thioether (sulfide) groups is 1. The van der Waals surface area contributed by atoms with Gasteiger partial charge in [0, 0.05) is 12.6 Å². The summed E-state index contributed by atoms with van der Waals surface area (Å²) in [5.74, 6) is 0.966. The normalized spacial score (nSPS) is 10.6. The molecule has 1 N–H and O–H groups in total. The van der Waals surface area contributed by atoms with E-state index in [4.69, 9.17) is 4.74 Å². The minimum atomic E-state index is -0.536. The molecule has 1 aromatic heterocycles. The molecule has 9 nitrogen and oxygen atoms in total. The molecule has 0 unspecified atom stereocenters. The molecular formula is C22H23N5O4S. The SMILES string of the molecule is C=CCn1c(COc2ccc(C)c(C)c2)nnc1SCC(=O)Nc1ccccc1[N+](=O)[O-]. The molecule has 3 rings (SSSR count). The van der Waals surface area contributed by atoms with Crippen molar-refractivity contribution in [1.82, 2.24) is 14.8 Å². The number of ether oxygens (including phenoxy) is 1.